The molecule has 0 radical (unpaired) electrons. The summed E-state index contributed by atoms with van der Waals surface area (Å²) < 4.78 is 5.73. The highest BCUT2D eigenvalue weighted by Crippen LogP contribution is 2.29. The Morgan fingerprint density at radius 3 is 2.88 bits per heavy atom. The van der Waals surface area contributed by atoms with E-state index in [1.165, 1.54) is 19.3 Å². The fourth-order valence-corrected chi connectivity index (χ4v) is 3.12. The monoisotopic (exact) mass is 238 g/mol. The Kier molecular flexibility index (Phi) is 3.34. The van der Waals surface area contributed by atoms with Crippen molar-refractivity contribution in [2.24, 2.45) is 5.92 Å². The van der Waals surface area contributed by atoms with Crippen molar-refractivity contribution >= 4 is 5.91 Å². The van der Waals surface area contributed by atoms with E-state index in [0.29, 0.717) is 18.2 Å². The minimum Gasteiger partial charge on any atom is -0.375 e. The number of nitrogens with one attached hydrogen (secondary N) is 2. The molecule has 3 aliphatic rings. The first kappa shape index (κ1) is 11.5. The van der Waals surface area contributed by atoms with E-state index in [4.69, 9.17) is 4.74 Å². The van der Waals surface area contributed by atoms with E-state index in [9.17, 15) is 4.79 Å². The molecule has 0 aromatic rings. The van der Waals surface area contributed by atoms with E-state index >= 15 is 0 Å². The molecule has 2 aliphatic carbocycles. The molecule has 2 saturated carbocycles. The molecular weight excluding hydrogens is 216 g/mol. The Bertz CT molecular complexity index is 291. The summed E-state index contributed by atoms with van der Waals surface area (Å²) in [4.78, 5) is 12.1. The highest BCUT2D eigenvalue weighted by molar-refractivity contribution is 5.79. The smallest absolute Gasteiger partial charge is 0.223 e. The highest BCUT2D eigenvalue weighted by Gasteiger charge is 2.36. The molecule has 1 saturated heterocycles. The summed E-state index contributed by atoms with van der Waals surface area (Å²) in [5.41, 5.74) is 0. The molecule has 0 unspecified atom stereocenters. The number of hydrogen-bond acceptors (Lipinski definition) is 3. The van der Waals surface area contributed by atoms with Crippen molar-refractivity contribution in [3.8, 4) is 0 Å². The van der Waals surface area contributed by atoms with Gasteiger partial charge < -0.3 is 15.4 Å². The van der Waals surface area contributed by atoms with E-state index in [2.05, 4.69) is 10.6 Å². The molecule has 2 N–H and O–H groups in total. The second kappa shape index (κ2) is 4.94. The van der Waals surface area contributed by atoms with Crippen LogP contribution in [0.5, 0.6) is 0 Å². The van der Waals surface area contributed by atoms with Crippen molar-refractivity contribution < 1.29 is 9.53 Å². The zero-order valence-corrected chi connectivity index (χ0v) is 10.3. The lowest BCUT2D eigenvalue weighted by molar-refractivity contribution is -0.129. The van der Waals surface area contributed by atoms with Gasteiger partial charge in [-0.25, -0.2) is 0 Å². The Hall–Kier alpha value is -0.610. The van der Waals surface area contributed by atoms with Crippen LogP contribution in [0.2, 0.25) is 0 Å². The van der Waals surface area contributed by atoms with Crippen molar-refractivity contribution in [1.29, 1.82) is 0 Å². The summed E-state index contributed by atoms with van der Waals surface area (Å²) in [6.45, 7) is 1.75. The Labute approximate surface area is 102 Å². The normalized spacial score (nSPS) is 38.0. The molecule has 3 rings (SSSR count). The number of hydrogen-bond donors (Lipinski definition) is 2. The predicted octanol–water partition coefficient (Wildman–Crippen LogP) is 0.812. The Morgan fingerprint density at radius 1 is 1.24 bits per heavy atom. The topological polar surface area (TPSA) is 50.4 Å². The minimum atomic E-state index is 0.200. The lowest BCUT2D eigenvalue weighted by atomic mass is 9.82. The van der Waals surface area contributed by atoms with E-state index < -0.39 is 0 Å². The predicted molar refractivity (Wildman–Crippen MR) is 64.7 cm³/mol. The van der Waals surface area contributed by atoms with Gasteiger partial charge in [-0.2, -0.15) is 0 Å². The largest absolute Gasteiger partial charge is 0.375 e. The third kappa shape index (κ3) is 2.47. The average molecular weight is 238 g/mol. The van der Waals surface area contributed by atoms with Gasteiger partial charge in [-0.05, 0) is 38.5 Å². The number of ether oxygens (including phenoxy) is 1. The van der Waals surface area contributed by atoms with Gasteiger partial charge in [0.1, 0.15) is 0 Å². The summed E-state index contributed by atoms with van der Waals surface area (Å²) in [5, 5.41) is 6.66. The first-order chi connectivity index (χ1) is 8.33. The maximum atomic E-state index is 12.1. The lowest BCUT2D eigenvalue weighted by Gasteiger charge is -2.40. The summed E-state index contributed by atoms with van der Waals surface area (Å²) in [7, 11) is 0. The molecule has 17 heavy (non-hydrogen) atoms. The third-order valence-electron chi connectivity index (χ3n) is 4.45. The van der Waals surface area contributed by atoms with Crippen LogP contribution in [0.3, 0.4) is 0 Å². The van der Waals surface area contributed by atoms with Crippen LogP contribution in [-0.2, 0) is 9.53 Å². The van der Waals surface area contributed by atoms with E-state index in [1.54, 1.807) is 0 Å². The van der Waals surface area contributed by atoms with Gasteiger partial charge in [-0.3, -0.25) is 4.79 Å². The summed E-state index contributed by atoms with van der Waals surface area (Å²) in [6.07, 6.45) is 6.93. The molecule has 4 heteroatoms. The summed E-state index contributed by atoms with van der Waals surface area (Å²) in [6, 6.07) is 0.866. The van der Waals surface area contributed by atoms with Gasteiger partial charge in [0.15, 0.2) is 0 Å². The molecule has 4 nitrogen and oxygen atoms in total. The van der Waals surface area contributed by atoms with Crippen molar-refractivity contribution in [3.63, 3.8) is 0 Å². The van der Waals surface area contributed by atoms with Crippen molar-refractivity contribution in [2.75, 3.05) is 13.2 Å². The molecule has 3 fully saturated rings. The molecule has 96 valence electrons. The molecule has 1 amide bonds. The number of amides is 1. The van der Waals surface area contributed by atoms with E-state index in [-0.39, 0.29) is 11.8 Å². The number of carbonyl (C=O) groups excluding carboxylic acids is 1. The Balaban J connectivity index is 1.52. The van der Waals surface area contributed by atoms with Gasteiger partial charge in [0.2, 0.25) is 5.91 Å². The molecule has 1 aliphatic heterocycles. The van der Waals surface area contributed by atoms with Crippen molar-refractivity contribution in [1.82, 2.24) is 10.6 Å². The maximum Gasteiger partial charge on any atom is 0.223 e. The van der Waals surface area contributed by atoms with Gasteiger partial charge >= 0.3 is 0 Å². The Morgan fingerprint density at radius 2 is 2.12 bits per heavy atom. The second-order valence-corrected chi connectivity index (χ2v) is 5.62. The van der Waals surface area contributed by atoms with Crippen LogP contribution < -0.4 is 10.6 Å². The number of fused-ring (bicyclic) bond motifs is 1. The first-order valence-corrected chi connectivity index (χ1v) is 6.98. The molecule has 0 aromatic heterocycles. The quantitative estimate of drug-likeness (QED) is 0.748. The third-order valence-corrected chi connectivity index (χ3v) is 4.45. The summed E-state index contributed by atoms with van der Waals surface area (Å²) >= 11 is 0. The van der Waals surface area contributed by atoms with Crippen LogP contribution in [0, 0.1) is 5.92 Å². The maximum absolute atomic E-state index is 12.1. The fourth-order valence-electron chi connectivity index (χ4n) is 3.12. The molecule has 3 atom stereocenters. The average Bonchev–Trinajstić information content (AvgIpc) is 2.33. The SMILES string of the molecule is O=C(NC1CCC1)[C@H]1CC[C@H]2OCCN[C@@H]2C1. The summed E-state index contributed by atoms with van der Waals surface area (Å²) in [5.74, 6) is 0.478. The van der Waals surface area contributed by atoms with Gasteiger partial charge in [-0.15, -0.1) is 0 Å². The number of morpholine rings is 1. The van der Waals surface area contributed by atoms with Crippen LogP contribution in [0.25, 0.3) is 0 Å². The molecular formula is C13H22N2O2. The van der Waals surface area contributed by atoms with Gasteiger partial charge in [0.25, 0.3) is 0 Å². The molecule has 0 bridgehead atoms. The van der Waals surface area contributed by atoms with Crippen molar-refractivity contribution in [2.45, 2.75) is 56.7 Å². The minimum absolute atomic E-state index is 0.200. The standard InChI is InChI=1S/C13H22N2O2/c16-13(15-10-2-1-3-10)9-4-5-12-11(8-9)14-6-7-17-12/h9-12,14H,1-8H2,(H,15,16)/t9-,11+,12+/m0/s1. The van der Waals surface area contributed by atoms with Gasteiger partial charge in [-0.1, -0.05) is 0 Å². The van der Waals surface area contributed by atoms with Crippen LogP contribution >= 0.6 is 0 Å². The zero-order chi connectivity index (χ0) is 11.7. The van der Waals surface area contributed by atoms with Crippen LogP contribution in [0.1, 0.15) is 38.5 Å². The molecule has 0 aromatic carbocycles. The van der Waals surface area contributed by atoms with E-state index in [1.807, 2.05) is 0 Å². The highest BCUT2D eigenvalue weighted by atomic mass is 16.5. The van der Waals surface area contributed by atoms with Crippen LogP contribution in [-0.4, -0.2) is 37.2 Å². The first-order valence-electron chi connectivity index (χ1n) is 6.98. The second-order valence-electron chi connectivity index (χ2n) is 5.62. The van der Waals surface area contributed by atoms with E-state index in [0.717, 1.165) is 32.4 Å². The zero-order valence-electron chi connectivity index (χ0n) is 10.3. The number of rotatable bonds is 2. The van der Waals surface area contributed by atoms with Crippen LogP contribution in [0.4, 0.5) is 0 Å². The van der Waals surface area contributed by atoms with Gasteiger partial charge in [0, 0.05) is 24.5 Å². The van der Waals surface area contributed by atoms with Gasteiger partial charge in [0.05, 0.1) is 12.7 Å². The lowest BCUT2D eigenvalue weighted by Crippen LogP contribution is -2.54. The number of carbonyl (C=O) groups is 1. The van der Waals surface area contributed by atoms with Crippen molar-refractivity contribution in [3.05, 3.63) is 0 Å². The molecule has 0 spiro atoms. The fraction of sp³-hybridized carbons (Fsp3) is 0.923. The molecule has 1 heterocycles. The van der Waals surface area contributed by atoms with Crippen LogP contribution in [0.15, 0.2) is 0 Å².